The van der Waals surface area contributed by atoms with Crippen LogP contribution in [0.1, 0.15) is 44.0 Å². The van der Waals surface area contributed by atoms with Crippen LogP contribution in [-0.2, 0) is 0 Å². The lowest BCUT2D eigenvalue weighted by atomic mass is 9.91. The van der Waals surface area contributed by atoms with Gasteiger partial charge in [0, 0.05) is 36.1 Å². The first kappa shape index (κ1) is 13.0. The molecule has 2 unspecified atom stereocenters. The molecule has 1 aromatic rings. The molecule has 0 spiro atoms. The maximum absolute atomic E-state index is 4.36. The fourth-order valence-corrected chi connectivity index (χ4v) is 3.10. The van der Waals surface area contributed by atoms with Crippen molar-refractivity contribution in [2.75, 3.05) is 19.6 Å². The summed E-state index contributed by atoms with van der Waals surface area (Å²) in [7, 11) is 0. The van der Waals surface area contributed by atoms with Crippen LogP contribution >= 0.6 is 11.3 Å². The maximum Gasteiger partial charge on any atom is 0.0965 e. The minimum Gasteiger partial charge on any atom is -0.314 e. The molecule has 2 heterocycles. The zero-order valence-corrected chi connectivity index (χ0v) is 11.6. The lowest BCUT2D eigenvalue weighted by molar-refractivity contribution is 0.266. The molecule has 1 aromatic heterocycles. The number of thiazole rings is 1. The summed E-state index contributed by atoms with van der Waals surface area (Å²) in [6.07, 6.45) is 5.85. The minimum absolute atomic E-state index is 0.293. The molecule has 1 aliphatic rings. The number of aromatic nitrogens is 1. The first-order valence-corrected chi connectivity index (χ1v) is 7.43. The van der Waals surface area contributed by atoms with E-state index in [1.54, 1.807) is 11.3 Å². The lowest BCUT2D eigenvalue weighted by Gasteiger charge is -2.35. The van der Waals surface area contributed by atoms with Gasteiger partial charge in [0.25, 0.3) is 0 Å². The highest BCUT2D eigenvalue weighted by Crippen LogP contribution is 2.19. The Hall–Kier alpha value is -0.450. The summed E-state index contributed by atoms with van der Waals surface area (Å²) in [5.41, 5.74) is 0.293. The van der Waals surface area contributed by atoms with Crippen molar-refractivity contribution in [2.45, 2.75) is 44.6 Å². The fourth-order valence-electron chi connectivity index (χ4n) is 2.40. The fraction of sp³-hybridized carbons (Fsp3) is 0.769. The summed E-state index contributed by atoms with van der Waals surface area (Å²) in [5, 5.41) is 10.5. The Balaban J connectivity index is 1.72. The topological polar surface area (TPSA) is 37.0 Å². The van der Waals surface area contributed by atoms with Gasteiger partial charge in [0.2, 0.25) is 0 Å². The second-order valence-corrected chi connectivity index (χ2v) is 6.27. The second-order valence-electron chi connectivity index (χ2n) is 5.35. The van der Waals surface area contributed by atoms with Crippen LogP contribution in [0.2, 0.25) is 0 Å². The Morgan fingerprint density at radius 2 is 2.47 bits per heavy atom. The van der Waals surface area contributed by atoms with Gasteiger partial charge < -0.3 is 10.6 Å². The second kappa shape index (κ2) is 5.94. The molecule has 0 amide bonds. The summed E-state index contributed by atoms with van der Waals surface area (Å²) in [5.74, 6) is 0.516. The van der Waals surface area contributed by atoms with E-state index < -0.39 is 0 Å². The van der Waals surface area contributed by atoms with Gasteiger partial charge in [-0.3, -0.25) is 0 Å². The predicted octanol–water partition coefficient (Wildman–Crippen LogP) is 2.37. The van der Waals surface area contributed by atoms with Crippen molar-refractivity contribution in [1.29, 1.82) is 0 Å². The van der Waals surface area contributed by atoms with E-state index in [2.05, 4.69) is 34.8 Å². The van der Waals surface area contributed by atoms with E-state index in [1.165, 1.54) is 30.8 Å². The maximum atomic E-state index is 4.36. The SMILES string of the molecule is CC(CNCC1(C)CCCCN1)c1nccs1. The molecule has 1 saturated heterocycles. The molecule has 0 bridgehead atoms. The molecule has 0 radical (unpaired) electrons. The number of hydrogen-bond donors (Lipinski definition) is 2. The van der Waals surface area contributed by atoms with E-state index in [9.17, 15) is 0 Å². The largest absolute Gasteiger partial charge is 0.314 e. The number of hydrogen-bond acceptors (Lipinski definition) is 4. The van der Waals surface area contributed by atoms with Gasteiger partial charge in [-0.2, -0.15) is 0 Å². The van der Waals surface area contributed by atoms with Gasteiger partial charge in [-0.1, -0.05) is 13.3 Å². The molecule has 17 heavy (non-hydrogen) atoms. The molecular formula is C13H23N3S. The van der Waals surface area contributed by atoms with Gasteiger partial charge in [-0.05, 0) is 26.3 Å². The van der Waals surface area contributed by atoms with E-state index in [0.717, 1.165) is 13.1 Å². The van der Waals surface area contributed by atoms with Crippen molar-refractivity contribution in [3.63, 3.8) is 0 Å². The molecule has 2 rings (SSSR count). The zero-order chi connectivity index (χ0) is 12.1. The van der Waals surface area contributed by atoms with Crippen LogP contribution in [0.15, 0.2) is 11.6 Å². The van der Waals surface area contributed by atoms with Crippen LogP contribution in [-0.4, -0.2) is 30.2 Å². The molecule has 2 atom stereocenters. The van der Waals surface area contributed by atoms with Crippen molar-refractivity contribution in [2.24, 2.45) is 0 Å². The first-order chi connectivity index (χ1) is 8.20. The predicted molar refractivity (Wildman–Crippen MR) is 73.7 cm³/mol. The Kier molecular flexibility index (Phi) is 4.54. The standard InChI is InChI=1S/C13H23N3S/c1-11(12-15-7-8-17-12)9-14-10-13(2)5-3-4-6-16-13/h7-8,11,14,16H,3-6,9-10H2,1-2H3. The average molecular weight is 253 g/mol. The van der Waals surface area contributed by atoms with Crippen LogP contribution in [0.3, 0.4) is 0 Å². The van der Waals surface area contributed by atoms with Crippen molar-refractivity contribution >= 4 is 11.3 Å². The summed E-state index contributed by atoms with van der Waals surface area (Å²) < 4.78 is 0. The Bertz CT molecular complexity index is 317. The zero-order valence-electron chi connectivity index (χ0n) is 10.8. The molecular weight excluding hydrogens is 230 g/mol. The lowest BCUT2D eigenvalue weighted by Crippen LogP contribution is -2.53. The highest BCUT2D eigenvalue weighted by molar-refractivity contribution is 7.09. The van der Waals surface area contributed by atoms with E-state index >= 15 is 0 Å². The van der Waals surface area contributed by atoms with E-state index in [-0.39, 0.29) is 0 Å². The van der Waals surface area contributed by atoms with Gasteiger partial charge >= 0.3 is 0 Å². The van der Waals surface area contributed by atoms with Gasteiger partial charge in [0.1, 0.15) is 0 Å². The molecule has 2 N–H and O–H groups in total. The van der Waals surface area contributed by atoms with Crippen LogP contribution in [0, 0.1) is 0 Å². The van der Waals surface area contributed by atoms with Crippen LogP contribution < -0.4 is 10.6 Å². The average Bonchev–Trinajstić information content (AvgIpc) is 2.83. The summed E-state index contributed by atoms with van der Waals surface area (Å²) >= 11 is 1.75. The van der Waals surface area contributed by atoms with Crippen molar-refractivity contribution in [3.8, 4) is 0 Å². The smallest absolute Gasteiger partial charge is 0.0965 e. The van der Waals surface area contributed by atoms with Crippen LogP contribution in [0.4, 0.5) is 0 Å². The number of rotatable bonds is 5. The highest BCUT2D eigenvalue weighted by atomic mass is 32.1. The summed E-state index contributed by atoms with van der Waals surface area (Å²) in [6.45, 7) is 7.81. The molecule has 1 aliphatic heterocycles. The molecule has 4 heteroatoms. The third-order valence-electron chi connectivity index (χ3n) is 3.55. The molecule has 0 aliphatic carbocycles. The first-order valence-electron chi connectivity index (χ1n) is 6.55. The van der Waals surface area contributed by atoms with E-state index in [1.807, 2.05) is 6.20 Å². The van der Waals surface area contributed by atoms with Gasteiger partial charge in [-0.25, -0.2) is 4.98 Å². The van der Waals surface area contributed by atoms with Crippen molar-refractivity contribution < 1.29 is 0 Å². The Morgan fingerprint density at radius 3 is 3.12 bits per heavy atom. The van der Waals surface area contributed by atoms with Gasteiger partial charge in [0.05, 0.1) is 5.01 Å². The molecule has 96 valence electrons. The van der Waals surface area contributed by atoms with E-state index in [0.29, 0.717) is 11.5 Å². The minimum atomic E-state index is 0.293. The van der Waals surface area contributed by atoms with Crippen LogP contribution in [0.25, 0.3) is 0 Å². The summed E-state index contributed by atoms with van der Waals surface area (Å²) in [6, 6.07) is 0. The third kappa shape index (κ3) is 3.76. The monoisotopic (exact) mass is 253 g/mol. The highest BCUT2D eigenvalue weighted by Gasteiger charge is 2.25. The van der Waals surface area contributed by atoms with Crippen molar-refractivity contribution in [3.05, 3.63) is 16.6 Å². The van der Waals surface area contributed by atoms with Gasteiger partial charge in [-0.15, -0.1) is 11.3 Å². The molecule has 1 fully saturated rings. The number of nitrogens with zero attached hydrogens (tertiary/aromatic N) is 1. The quantitative estimate of drug-likeness (QED) is 0.846. The van der Waals surface area contributed by atoms with Crippen LogP contribution in [0.5, 0.6) is 0 Å². The Labute approximate surface area is 108 Å². The molecule has 3 nitrogen and oxygen atoms in total. The normalized spacial score (nSPS) is 26.9. The van der Waals surface area contributed by atoms with E-state index in [4.69, 9.17) is 0 Å². The number of piperidine rings is 1. The Morgan fingerprint density at radius 1 is 1.59 bits per heavy atom. The van der Waals surface area contributed by atoms with Gasteiger partial charge in [0.15, 0.2) is 0 Å². The third-order valence-corrected chi connectivity index (χ3v) is 4.55. The molecule has 0 aromatic carbocycles. The van der Waals surface area contributed by atoms with Crippen molar-refractivity contribution in [1.82, 2.24) is 15.6 Å². The number of nitrogens with one attached hydrogen (secondary N) is 2. The molecule has 0 saturated carbocycles. The summed E-state index contributed by atoms with van der Waals surface area (Å²) in [4.78, 5) is 4.36.